The van der Waals surface area contributed by atoms with E-state index in [2.05, 4.69) is 24.5 Å². The second kappa shape index (κ2) is 12.8. The summed E-state index contributed by atoms with van der Waals surface area (Å²) >= 11 is 4.62. The van der Waals surface area contributed by atoms with Gasteiger partial charge in [-0.15, -0.1) is 0 Å². The van der Waals surface area contributed by atoms with Crippen molar-refractivity contribution in [1.29, 1.82) is 0 Å². The molecule has 0 unspecified atom stereocenters. The lowest BCUT2D eigenvalue weighted by atomic mass is 10.1. The quantitative estimate of drug-likeness (QED) is 0.439. The Balaban J connectivity index is 2.90. The summed E-state index contributed by atoms with van der Waals surface area (Å²) in [6.45, 7) is 3.13. The third-order valence-corrected chi connectivity index (χ3v) is 2.96. The van der Waals surface area contributed by atoms with Gasteiger partial charge in [-0.2, -0.15) is 0 Å². The van der Waals surface area contributed by atoms with Crippen molar-refractivity contribution in [2.75, 3.05) is 6.54 Å². The predicted molar refractivity (Wildman–Crippen MR) is 75.5 cm³/mol. The fourth-order valence-corrected chi connectivity index (χ4v) is 1.92. The molecule has 0 saturated heterocycles. The highest BCUT2D eigenvalue weighted by molar-refractivity contribution is 7.80. The van der Waals surface area contributed by atoms with Crippen LogP contribution in [0.25, 0.3) is 0 Å². The molecule has 0 heterocycles. The Labute approximate surface area is 106 Å². The second-order valence-corrected chi connectivity index (χ2v) is 4.85. The average molecular weight is 243 g/mol. The molecule has 0 fully saturated rings. The summed E-state index contributed by atoms with van der Waals surface area (Å²) in [7, 11) is 0. The van der Waals surface area contributed by atoms with Crippen LogP contribution in [0, 0.1) is 0 Å². The van der Waals surface area contributed by atoms with Gasteiger partial charge in [0.1, 0.15) is 0 Å². The number of thiocarbonyl (C=S) groups is 1. The van der Waals surface area contributed by atoms with Gasteiger partial charge < -0.3 is 5.32 Å². The summed E-state index contributed by atoms with van der Waals surface area (Å²) in [5, 5.41) is 3.05. The SMILES string of the molecule is CCCCCCCCCCCCNC([NH])=S. The number of unbranched alkanes of at least 4 members (excludes halogenated alkanes) is 9. The van der Waals surface area contributed by atoms with Crippen LogP contribution in [-0.4, -0.2) is 11.7 Å². The first-order valence-corrected chi connectivity index (χ1v) is 7.17. The molecule has 0 spiro atoms. The molecule has 95 valence electrons. The van der Waals surface area contributed by atoms with Crippen LogP contribution >= 0.6 is 12.2 Å². The fourth-order valence-electron chi connectivity index (χ4n) is 1.81. The van der Waals surface area contributed by atoms with Crippen LogP contribution in [0.5, 0.6) is 0 Å². The van der Waals surface area contributed by atoms with Crippen molar-refractivity contribution in [2.45, 2.75) is 71.1 Å². The summed E-state index contributed by atoms with van der Waals surface area (Å²) in [5.74, 6) is 0. The van der Waals surface area contributed by atoms with Crippen molar-refractivity contribution in [2.24, 2.45) is 0 Å². The first-order valence-electron chi connectivity index (χ1n) is 6.76. The Morgan fingerprint density at radius 2 is 1.31 bits per heavy atom. The Bertz CT molecular complexity index is 160. The molecule has 0 saturated carbocycles. The van der Waals surface area contributed by atoms with Gasteiger partial charge in [0.05, 0.1) is 0 Å². The fraction of sp³-hybridized carbons (Fsp3) is 0.923. The Morgan fingerprint density at radius 3 is 1.75 bits per heavy atom. The van der Waals surface area contributed by atoms with E-state index < -0.39 is 0 Å². The van der Waals surface area contributed by atoms with Crippen LogP contribution in [0.3, 0.4) is 0 Å². The van der Waals surface area contributed by atoms with Crippen molar-refractivity contribution < 1.29 is 0 Å². The van der Waals surface area contributed by atoms with E-state index in [4.69, 9.17) is 5.73 Å². The molecule has 0 aromatic rings. The maximum Gasteiger partial charge on any atom is 0.185 e. The molecule has 2 nitrogen and oxygen atoms in total. The number of nitrogens with one attached hydrogen (secondary N) is 2. The van der Waals surface area contributed by atoms with E-state index in [0.717, 1.165) is 13.0 Å². The van der Waals surface area contributed by atoms with Crippen molar-refractivity contribution >= 4 is 17.3 Å². The molecule has 0 rings (SSSR count). The summed E-state index contributed by atoms with van der Waals surface area (Å²) in [6.07, 6.45) is 13.5. The maximum absolute atomic E-state index is 7.02. The van der Waals surface area contributed by atoms with Gasteiger partial charge in [-0.05, 0) is 18.6 Å². The summed E-state index contributed by atoms with van der Waals surface area (Å²) in [4.78, 5) is 0. The van der Waals surface area contributed by atoms with Gasteiger partial charge >= 0.3 is 0 Å². The topological polar surface area (TPSA) is 35.8 Å². The zero-order valence-corrected chi connectivity index (χ0v) is 11.5. The average Bonchev–Trinajstić information content (AvgIpc) is 2.25. The van der Waals surface area contributed by atoms with Crippen LogP contribution in [0.15, 0.2) is 0 Å². The second-order valence-electron chi connectivity index (χ2n) is 4.44. The van der Waals surface area contributed by atoms with Crippen molar-refractivity contribution in [3.05, 3.63) is 0 Å². The molecule has 1 radical (unpaired) electrons. The summed E-state index contributed by atoms with van der Waals surface area (Å²) in [5.41, 5.74) is 7.02. The largest absolute Gasteiger partial charge is 0.361 e. The van der Waals surface area contributed by atoms with E-state index in [1.807, 2.05) is 0 Å². The van der Waals surface area contributed by atoms with Crippen LogP contribution in [-0.2, 0) is 0 Å². The van der Waals surface area contributed by atoms with Crippen LogP contribution < -0.4 is 11.1 Å². The highest BCUT2D eigenvalue weighted by Gasteiger charge is 1.93. The Kier molecular flexibility index (Phi) is 12.5. The Hall–Kier alpha value is -0.310. The van der Waals surface area contributed by atoms with E-state index in [-0.39, 0.29) is 5.11 Å². The molecule has 0 amide bonds. The maximum atomic E-state index is 7.02. The van der Waals surface area contributed by atoms with Gasteiger partial charge in [0, 0.05) is 6.54 Å². The first kappa shape index (κ1) is 15.7. The lowest BCUT2D eigenvalue weighted by Gasteiger charge is -2.03. The highest BCUT2D eigenvalue weighted by Crippen LogP contribution is 2.10. The zero-order valence-electron chi connectivity index (χ0n) is 10.7. The minimum Gasteiger partial charge on any atom is -0.361 e. The first-order chi connectivity index (χ1) is 7.77. The van der Waals surface area contributed by atoms with E-state index in [1.165, 1.54) is 57.8 Å². The molecule has 0 aromatic heterocycles. The summed E-state index contributed by atoms with van der Waals surface area (Å²) < 4.78 is 0. The minimum absolute atomic E-state index is 0.177. The molecule has 0 atom stereocenters. The highest BCUT2D eigenvalue weighted by atomic mass is 32.1. The van der Waals surface area contributed by atoms with E-state index in [0.29, 0.717) is 0 Å². The van der Waals surface area contributed by atoms with Crippen LogP contribution in [0.4, 0.5) is 0 Å². The molecular weight excluding hydrogens is 216 g/mol. The lowest BCUT2D eigenvalue weighted by Crippen LogP contribution is -2.22. The van der Waals surface area contributed by atoms with Gasteiger partial charge in [-0.1, -0.05) is 64.7 Å². The minimum atomic E-state index is 0.177. The van der Waals surface area contributed by atoms with Gasteiger partial charge in [-0.3, -0.25) is 5.73 Å². The molecule has 0 aliphatic rings. The number of hydrogen-bond donors (Lipinski definition) is 1. The molecule has 16 heavy (non-hydrogen) atoms. The molecular formula is C13H27N2S. The van der Waals surface area contributed by atoms with Crippen molar-refractivity contribution in [1.82, 2.24) is 11.1 Å². The van der Waals surface area contributed by atoms with Gasteiger partial charge in [0.15, 0.2) is 5.11 Å². The van der Waals surface area contributed by atoms with Gasteiger partial charge in [0.2, 0.25) is 0 Å². The lowest BCUT2D eigenvalue weighted by molar-refractivity contribution is 0.555. The third-order valence-electron chi connectivity index (χ3n) is 2.82. The van der Waals surface area contributed by atoms with Crippen molar-refractivity contribution in [3.63, 3.8) is 0 Å². The van der Waals surface area contributed by atoms with E-state index in [1.54, 1.807) is 0 Å². The third kappa shape index (κ3) is 13.7. The molecule has 2 N–H and O–H groups in total. The molecule has 0 aromatic carbocycles. The Morgan fingerprint density at radius 1 is 0.875 bits per heavy atom. The van der Waals surface area contributed by atoms with Gasteiger partial charge in [0.25, 0.3) is 0 Å². The van der Waals surface area contributed by atoms with Crippen LogP contribution in [0.1, 0.15) is 71.1 Å². The molecule has 0 aliphatic heterocycles. The smallest absolute Gasteiger partial charge is 0.185 e. The number of hydrogen-bond acceptors (Lipinski definition) is 1. The molecule has 0 aliphatic carbocycles. The zero-order chi connectivity index (χ0) is 12.1. The summed E-state index contributed by atoms with van der Waals surface area (Å²) in [6, 6.07) is 0. The monoisotopic (exact) mass is 243 g/mol. The molecule has 3 heteroatoms. The van der Waals surface area contributed by atoms with E-state index >= 15 is 0 Å². The standard InChI is InChI=1S/C13H27N2S/c1-2-3-4-5-6-7-8-9-10-11-12-15-13(14)16/h14H,2-12H2,1H3,(H,15,16). The molecule has 0 bridgehead atoms. The predicted octanol–water partition coefficient (Wildman–Crippen LogP) is 4.06. The number of rotatable bonds is 11. The van der Waals surface area contributed by atoms with Crippen LogP contribution in [0.2, 0.25) is 0 Å². The van der Waals surface area contributed by atoms with Gasteiger partial charge in [-0.25, -0.2) is 0 Å². The van der Waals surface area contributed by atoms with E-state index in [9.17, 15) is 0 Å². The van der Waals surface area contributed by atoms with Crippen molar-refractivity contribution in [3.8, 4) is 0 Å². The normalized spacial score (nSPS) is 10.3.